The van der Waals surface area contributed by atoms with Crippen molar-refractivity contribution >= 4 is 12.0 Å². The summed E-state index contributed by atoms with van der Waals surface area (Å²) in [7, 11) is 0. The monoisotopic (exact) mass is 232 g/mol. The second-order valence-electron chi connectivity index (χ2n) is 4.44. The molecule has 0 saturated heterocycles. The van der Waals surface area contributed by atoms with E-state index in [0.717, 1.165) is 12.8 Å². The van der Waals surface area contributed by atoms with Crippen molar-refractivity contribution in [2.24, 2.45) is 5.92 Å². The van der Waals surface area contributed by atoms with Gasteiger partial charge < -0.3 is 5.11 Å². The van der Waals surface area contributed by atoms with E-state index in [1.165, 1.54) is 11.1 Å². The fraction of sp³-hybridized carbons (Fsp3) is 0.400. The number of hydrogen-bond donors (Lipinski definition) is 1. The molecular weight excluding hydrogens is 212 g/mol. The Balaban J connectivity index is 2.64. The molecule has 0 aliphatic rings. The standard InChI is InChI=1S/C15H20O2/c1-3-6-13-7-4-5-8-14(13)11-12(2)9-10-15(16)17/h3-8,12H,9-11H2,1-2H3,(H,16,17). The fourth-order valence-electron chi connectivity index (χ4n) is 1.91. The molecule has 0 heterocycles. The molecule has 1 aromatic rings. The Morgan fingerprint density at radius 3 is 2.76 bits per heavy atom. The van der Waals surface area contributed by atoms with Crippen LogP contribution < -0.4 is 0 Å². The molecule has 0 amide bonds. The van der Waals surface area contributed by atoms with Crippen LogP contribution in [0.1, 0.15) is 37.8 Å². The molecule has 0 aliphatic heterocycles. The van der Waals surface area contributed by atoms with Gasteiger partial charge in [0.15, 0.2) is 0 Å². The van der Waals surface area contributed by atoms with E-state index in [9.17, 15) is 4.79 Å². The van der Waals surface area contributed by atoms with E-state index in [1.54, 1.807) is 0 Å². The Kier molecular flexibility index (Phi) is 5.47. The summed E-state index contributed by atoms with van der Waals surface area (Å²) in [5.74, 6) is -0.309. The van der Waals surface area contributed by atoms with Crippen LogP contribution in [0.4, 0.5) is 0 Å². The van der Waals surface area contributed by atoms with Crippen LogP contribution in [0.5, 0.6) is 0 Å². The molecular formula is C15H20O2. The maximum atomic E-state index is 10.5. The van der Waals surface area contributed by atoms with Crippen LogP contribution >= 0.6 is 0 Å². The number of carboxylic acids is 1. The van der Waals surface area contributed by atoms with Crippen molar-refractivity contribution in [2.75, 3.05) is 0 Å². The molecule has 0 bridgehead atoms. The third-order valence-corrected chi connectivity index (χ3v) is 2.82. The van der Waals surface area contributed by atoms with E-state index in [1.807, 2.05) is 25.1 Å². The van der Waals surface area contributed by atoms with Crippen molar-refractivity contribution in [1.29, 1.82) is 0 Å². The minimum Gasteiger partial charge on any atom is -0.481 e. The van der Waals surface area contributed by atoms with Crippen molar-refractivity contribution < 1.29 is 9.90 Å². The lowest BCUT2D eigenvalue weighted by molar-refractivity contribution is -0.137. The SMILES string of the molecule is CC=Cc1ccccc1CC(C)CCC(=O)O. The molecule has 0 fully saturated rings. The Hall–Kier alpha value is -1.57. The van der Waals surface area contributed by atoms with Gasteiger partial charge in [0.05, 0.1) is 0 Å². The van der Waals surface area contributed by atoms with Gasteiger partial charge in [-0.1, -0.05) is 43.3 Å². The van der Waals surface area contributed by atoms with Gasteiger partial charge in [-0.3, -0.25) is 4.79 Å². The second kappa shape index (κ2) is 6.89. The molecule has 1 rings (SSSR count). The van der Waals surface area contributed by atoms with Crippen molar-refractivity contribution in [1.82, 2.24) is 0 Å². The fourth-order valence-corrected chi connectivity index (χ4v) is 1.91. The van der Waals surface area contributed by atoms with E-state index in [-0.39, 0.29) is 6.42 Å². The molecule has 2 nitrogen and oxygen atoms in total. The van der Waals surface area contributed by atoms with Crippen LogP contribution in [0.3, 0.4) is 0 Å². The normalized spacial score (nSPS) is 12.8. The van der Waals surface area contributed by atoms with Crippen LogP contribution in [0.2, 0.25) is 0 Å². The Morgan fingerprint density at radius 1 is 1.41 bits per heavy atom. The first-order chi connectivity index (χ1) is 8.13. The van der Waals surface area contributed by atoms with Crippen molar-refractivity contribution in [3.05, 3.63) is 41.5 Å². The van der Waals surface area contributed by atoms with Gasteiger partial charge in [-0.2, -0.15) is 0 Å². The van der Waals surface area contributed by atoms with Crippen LogP contribution in [0.25, 0.3) is 6.08 Å². The predicted octanol–water partition coefficient (Wildman–Crippen LogP) is 3.76. The minimum atomic E-state index is -0.710. The lowest BCUT2D eigenvalue weighted by Crippen LogP contribution is -2.05. The second-order valence-corrected chi connectivity index (χ2v) is 4.44. The molecule has 0 aromatic heterocycles. The highest BCUT2D eigenvalue weighted by Crippen LogP contribution is 2.18. The van der Waals surface area contributed by atoms with E-state index in [4.69, 9.17) is 5.11 Å². The maximum Gasteiger partial charge on any atom is 0.303 e. The highest BCUT2D eigenvalue weighted by molar-refractivity contribution is 5.66. The van der Waals surface area contributed by atoms with Crippen molar-refractivity contribution in [2.45, 2.75) is 33.1 Å². The molecule has 0 saturated carbocycles. The van der Waals surface area contributed by atoms with Crippen LogP contribution in [0.15, 0.2) is 30.3 Å². The first-order valence-corrected chi connectivity index (χ1v) is 6.06. The summed E-state index contributed by atoms with van der Waals surface area (Å²) in [5, 5.41) is 8.66. The number of carboxylic acid groups (broad SMARTS) is 1. The largest absolute Gasteiger partial charge is 0.481 e. The van der Waals surface area contributed by atoms with Crippen LogP contribution in [-0.4, -0.2) is 11.1 Å². The Bertz CT molecular complexity index is 394. The number of hydrogen-bond acceptors (Lipinski definition) is 1. The lowest BCUT2D eigenvalue weighted by atomic mass is 9.93. The number of allylic oxidation sites excluding steroid dienone is 1. The average Bonchev–Trinajstić information content (AvgIpc) is 2.29. The average molecular weight is 232 g/mol. The van der Waals surface area contributed by atoms with Gasteiger partial charge in [-0.15, -0.1) is 0 Å². The van der Waals surface area contributed by atoms with E-state index >= 15 is 0 Å². The molecule has 1 N–H and O–H groups in total. The zero-order valence-electron chi connectivity index (χ0n) is 10.5. The summed E-state index contributed by atoms with van der Waals surface area (Å²) in [6.07, 6.45) is 6.06. The maximum absolute atomic E-state index is 10.5. The zero-order chi connectivity index (χ0) is 12.7. The van der Waals surface area contributed by atoms with Gasteiger partial charge in [0, 0.05) is 6.42 Å². The molecule has 1 aromatic carbocycles. The van der Waals surface area contributed by atoms with Gasteiger partial charge in [0.2, 0.25) is 0 Å². The smallest absolute Gasteiger partial charge is 0.303 e. The molecule has 0 spiro atoms. The number of benzene rings is 1. The summed E-state index contributed by atoms with van der Waals surface area (Å²) in [6.45, 7) is 4.11. The lowest BCUT2D eigenvalue weighted by Gasteiger charge is -2.12. The summed E-state index contributed by atoms with van der Waals surface area (Å²) in [5.41, 5.74) is 2.53. The van der Waals surface area contributed by atoms with Gasteiger partial charge in [-0.05, 0) is 36.8 Å². The molecule has 1 unspecified atom stereocenters. The third-order valence-electron chi connectivity index (χ3n) is 2.82. The van der Waals surface area contributed by atoms with Gasteiger partial charge in [0.25, 0.3) is 0 Å². The number of rotatable bonds is 6. The van der Waals surface area contributed by atoms with Gasteiger partial charge in [-0.25, -0.2) is 0 Å². The van der Waals surface area contributed by atoms with Gasteiger partial charge in [0.1, 0.15) is 0 Å². The molecule has 92 valence electrons. The highest BCUT2D eigenvalue weighted by Gasteiger charge is 2.08. The summed E-state index contributed by atoms with van der Waals surface area (Å²) in [6, 6.07) is 8.28. The van der Waals surface area contributed by atoms with E-state index < -0.39 is 5.97 Å². The summed E-state index contributed by atoms with van der Waals surface area (Å²) in [4.78, 5) is 10.5. The molecule has 2 heteroatoms. The first-order valence-electron chi connectivity index (χ1n) is 6.06. The topological polar surface area (TPSA) is 37.3 Å². The third kappa shape index (κ3) is 4.85. The van der Waals surface area contributed by atoms with E-state index in [0.29, 0.717) is 5.92 Å². The van der Waals surface area contributed by atoms with Crippen molar-refractivity contribution in [3.8, 4) is 0 Å². The molecule has 17 heavy (non-hydrogen) atoms. The quantitative estimate of drug-likeness (QED) is 0.810. The number of carbonyl (C=O) groups is 1. The molecule has 0 aliphatic carbocycles. The van der Waals surface area contributed by atoms with Gasteiger partial charge >= 0.3 is 5.97 Å². The Labute approximate surface area is 103 Å². The Morgan fingerprint density at radius 2 is 2.12 bits per heavy atom. The summed E-state index contributed by atoms with van der Waals surface area (Å²) < 4.78 is 0. The number of aliphatic carboxylic acids is 1. The van der Waals surface area contributed by atoms with E-state index in [2.05, 4.69) is 25.1 Å². The van der Waals surface area contributed by atoms with Crippen molar-refractivity contribution in [3.63, 3.8) is 0 Å². The molecule has 0 radical (unpaired) electrons. The molecule has 1 atom stereocenters. The summed E-state index contributed by atoms with van der Waals surface area (Å²) >= 11 is 0. The predicted molar refractivity (Wildman–Crippen MR) is 70.9 cm³/mol. The first kappa shape index (κ1) is 13.5. The zero-order valence-corrected chi connectivity index (χ0v) is 10.5. The van der Waals surface area contributed by atoms with Crippen LogP contribution in [0, 0.1) is 5.92 Å². The van der Waals surface area contributed by atoms with Crippen LogP contribution in [-0.2, 0) is 11.2 Å². The minimum absolute atomic E-state index is 0.257. The highest BCUT2D eigenvalue weighted by atomic mass is 16.4.